The minimum absolute atomic E-state index is 0.143. The largest absolute Gasteiger partial charge is 0.462 e. The number of amides is 1. The highest BCUT2D eigenvalue weighted by molar-refractivity contribution is 5.69. The molecule has 4 atom stereocenters. The van der Waals surface area contributed by atoms with Crippen LogP contribution < -0.4 is 15.0 Å². The van der Waals surface area contributed by atoms with Gasteiger partial charge < -0.3 is 24.6 Å². The molecule has 7 rings (SSSR count). The van der Waals surface area contributed by atoms with Gasteiger partial charge in [-0.3, -0.25) is 0 Å². The second kappa shape index (κ2) is 10.7. The maximum absolute atomic E-state index is 12.7. The molecule has 2 bridgehead atoms. The van der Waals surface area contributed by atoms with E-state index in [0.717, 1.165) is 56.6 Å². The fourth-order valence-corrected chi connectivity index (χ4v) is 8.09. The number of likely N-dealkylation sites (tertiary alicyclic amines) is 1. The lowest BCUT2D eigenvalue weighted by atomic mass is 9.62. The smallest absolute Gasteiger partial charge is 0.410 e. The van der Waals surface area contributed by atoms with Crippen LogP contribution in [0, 0.1) is 0 Å². The highest BCUT2D eigenvalue weighted by Gasteiger charge is 2.46. The van der Waals surface area contributed by atoms with Crippen molar-refractivity contribution >= 4 is 11.9 Å². The SMILES string of the molecule is C=CCOC(=O)N1C[C@H]2CC[C@@H](C1)N2c1nc(OC[C@@H]2CCCN2)nc2c1CCC1(CCCc3ccccc31)C2. The highest BCUT2D eigenvalue weighted by Crippen LogP contribution is 2.48. The van der Waals surface area contributed by atoms with Gasteiger partial charge in [0, 0.05) is 42.2 Å². The number of hydrogen-bond donors (Lipinski definition) is 1. The van der Waals surface area contributed by atoms with Gasteiger partial charge in [-0.05, 0) is 81.9 Å². The number of carbonyl (C=O) groups is 1. The summed E-state index contributed by atoms with van der Waals surface area (Å²) in [4.78, 5) is 27.3. The summed E-state index contributed by atoms with van der Waals surface area (Å²) < 4.78 is 11.7. The first-order valence-electron chi connectivity index (χ1n) is 15.3. The zero-order valence-electron chi connectivity index (χ0n) is 23.4. The van der Waals surface area contributed by atoms with Crippen molar-refractivity contribution in [3.8, 4) is 6.01 Å². The maximum Gasteiger partial charge on any atom is 0.410 e. The van der Waals surface area contributed by atoms with Gasteiger partial charge in [0.05, 0.1) is 5.69 Å². The molecule has 40 heavy (non-hydrogen) atoms. The number of anilines is 1. The van der Waals surface area contributed by atoms with Crippen LogP contribution in [0.2, 0.25) is 0 Å². The highest BCUT2D eigenvalue weighted by atomic mass is 16.6. The van der Waals surface area contributed by atoms with Crippen LogP contribution in [0.25, 0.3) is 0 Å². The number of rotatable bonds is 6. The van der Waals surface area contributed by atoms with Crippen molar-refractivity contribution in [3.05, 3.63) is 59.3 Å². The topological polar surface area (TPSA) is 79.8 Å². The van der Waals surface area contributed by atoms with Crippen molar-refractivity contribution in [2.24, 2.45) is 0 Å². The summed E-state index contributed by atoms with van der Waals surface area (Å²) in [5, 5.41) is 3.53. The number of aromatic nitrogens is 2. The average molecular weight is 544 g/mol. The van der Waals surface area contributed by atoms with Crippen molar-refractivity contribution in [2.45, 2.75) is 87.7 Å². The molecule has 2 aromatic rings. The van der Waals surface area contributed by atoms with Crippen LogP contribution in [0.3, 0.4) is 0 Å². The van der Waals surface area contributed by atoms with Gasteiger partial charge in [-0.2, -0.15) is 9.97 Å². The summed E-state index contributed by atoms with van der Waals surface area (Å²) in [6, 6.07) is 10.4. The van der Waals surface area contributed by atoms with E-state index in [9.17, 15) is 4.79 Å². The number of piperazine rings is 1. The number of carbonyl (C=O) groups excluding carboxylic acids is 1. The number of hydrogen-bond acceptors (Lipinski definition) is 7. The lowest BCUT2D eigenvalue weighted by molar-refractivity contribution is 0.103. The summed E-state index contributed by atoms with van der Waals surface area (Å²) in [5.74, 6) is 1.05. The molecule has 8 nitrogen and oxygen atoms in total. The molecule has 0 radical (unpaired) electrons. The minimum Gasteiger partial charge on any atom is -0.462 e. The minimum atomic E-state index is -0.243. The Morgan fingerprint density at radius 2 is 1.95 bits per heavy atom. The van der Waals surface area contributed by atoms with Crippen LogP contribution in [0.1, 0.15) is 67.3 Å². The van der Waals surface area contributed by atoms with Crippen LogP contribution in [0.4, 0.5) is 10.6 Å². The maximum atomic E-state index is 12.7. The molecule has 0 saturated carbocycles. The van der Waals surface area contributed by atoms with Gasteiger partial charge in [0.25, 0.3) is 0 Å². The van der Waals surface area contributed by atoms with Crippen molar-refractivity contribution in [1.29, 1.82) is 0 Å². The number of fused-ring (bicyclic) bond motifs is 5. The summed E-state index contributed by atoms with van der Waals surface area (Å²) >= 11 is 0. The molecule has 8 heteroatoms. The van der Waals surface area contributed by atoms with E-state index in [1.165, 1.54) is 42.4 Å². The van der Waals surface area contributed by atoms with Crippen LogP contribution >= 0.6 is 0 Å². The second-order valence-electron chi connectivity index (χ2n) is 12.4. The van der Waals surface area contributed by atoms with Crippen molar-refractivity contribution < 1.29 is 14.3 Å². The second-order valence-corrected chi connectivity index (χ2v) is 12.4. The Morgan fingerprint density at radius 3 is 2.75 bits per heavy atom. The molecule has 1 aromatic heterocycles. The van der Waals surface area contributed by atoms with Gasteiger partial charge in [0.1, 0.15) is 19.0 Å². The van der Waals surface area contributed by atoms with Gasteiger partial charge in [-0.15, -0.1) is 0 Å². The molecular weight excluding hydrogens is 502 g/mol. The fraction of sp³-hybridized carbons (Fsp3) is 0.594. The summed E-state index contributed by atoms with van der Waals surface area (Å²) in [6.07, 6.45) is 12.5. The molecule has 1 amide bonds. The van der Waals surface area contributed by atoms with Crippen molar-refractivity contribution in [3.63, 3.8) is 0 Å². The lowest BCUT2D eigenvalue weighted by Gasteiger charge is -2.45. The molecule has 2 aliphatic carbocycles. The molecule has 212 valence electrons. The van der Waals surface area contributed by atoms with E-state index in [1.54, 1.807) is 6.08 Å². The van der Waals surface area contributed by atoms with E-state index in [1.807, 2.05) is 4.90 Å². The van der Waals surface area contributed by atoms with Crippen molar-refractivity contribution in [2.75, 3.05) is 37.7 Å². The zero-order chi connectivity index (χ0) is 27.1. The summed E-state index contributed by atoms with van der Waals surface area (Å²) in [5.41, 5.74) is 5.63. The quantitative estimate of drug-likeness (QED) is 0.543. The van der Waals surface area contributed by atoms with E-state index in [-0.39, 0.29) is 30.2 Å². The third kappa shape index (κ3) is 4.64. The van der Waals surface area contributed by atoms with Crippen LogP contribution in [0.5, 0.6) is 6.01 Å². The first-order chi connectivity index (χ1) is 19.6. The van der Waals surface area contributed by atoms with Crippen LogP contribution in [0.15, 0.2) is 36.9 Å². The van der Waals surface area contributed by atoms with Gasteiger partial charge in [-0.25, -0.2) is 4.79 Å². The van der Waals surface area contributed by atoms with Gasteiger partial charge in [0.2, 0.25) is 0 Å². The standard InChI is InChI=1S/C32H41N5O3/c1-2-17-39-31(38)36-19-24-11-12-25(20-36)37(24)29-26-13-15-32(14-5-8-22-7-3-4-10-27(22)32)18-28(26)34-30(35-29)40-21-23-9-6-16-33-23/h2-4,7,10,23-25,33H,1,5-6,8-9,11-21H2/t23-,24-,25+,32?/m0/s1. The molecule has 1 aromatic carbocycles. The average Bonchev–Trinajstić information content (AvgIpc) is 3.59. The number of nitrogens with one attached hydrogen (secondary N) is 1. The molecule has 1 unspecified atom stereocenters. The monoisotopic (exact) mass is 543 g/mol. The number of aryl methyl sites for hydroxylation is 1. The molecule has 3 aliphatic heterocycles. The Kier molecular flexibility index (Phi) is 6.90. The third-order valence-electron chi connectivity index (χ3n) is 9.99. The van der Waals surface area contributed by atoms with Gasteiger partial charge in [-0.1, -0.05) is 36.9 Å². The Balaban J connectivity index is 1.21. The predicted molar refractivity (Wildman–Crippen MR) is 154 cm³/mol. The van der Waals surface area contributed by atoms with E-state index in [2.05, 4.69) is 41.1 Å². The normalized spacial score (nSPS) is 28.8. The van der Waals surface area contributed by atoms with E-state index in [4.69, 9.17) is 19.4 Å². The van der Waals surface area contributed by atoms with E-state index in [0.29, 0.717) is 31.7 Å². The van der Waals surface area contributed by atoms with Crippen LogP contribution in [-0.2, 0) is 29.4 Å². The third-order valence-corrected chi connectivity index (χ3v) is 9.99. The Hall–Kier alpha value is -3.13. The number of nitrogens with zero attached hydrogens (tertiary/aromatic N) is 4. The van der Waals surface area contributed by atoms with Gasteiger partial charge >= 0.3 is 12.1 Å². The van der Waals surface area contributed by atoms with Crippen LogP contribution in [-0.4, -0.2) is 71.9 Å². The Bertz CT molecular complexity index is 1260. The number of benzene rings is 1. The Labute approximate surface area is 237 Å². The summed E-state index contributed by atoms with van der Waals surface area (Å²) in [7, 11) is 0. The lowest BCUT2D eigenvalue weighted by Crippen LogP contribution is -2.56. The fourth-order valence-electron chi connectivity index (χ4n) is 8.09. The number of ether oxygens (including phenoxy) is 2. The molecule has 1 spiro atoms. The molecule has 4 heterocycles. The molecule has 3 fully saturated rings. The summed E-state index contributed by atoms with van der Waals surface area (Å²) in [6.45, 7) is 6.88. The van der Waals surface area contributed by atoms with E-state index >= 15 is 0 Å². The molecule has 5 aliphatic rings. The molecular formula is C32H41N5O3. The zero-order valence-corrected chi connectivity index (χ0v) is 23.4. The Morgan fingerprint density at radius 1 is 1.10 bits per heavy atom. The van der Waals surface area contributed by atoms with E-state index < -0.39 is 0 Å². The first-order valence-corrected chi connectivity index (χ1v) is 15.3. The van der Waals surface area contributed by atoms with Crippen molar-refractivity contribution in [1.82, 2.24) is 20.2 Å². The molecule has 3 saturated heterocycles. The van der Waals surface area contributed by atoms with Gasteiger partial charge in [0.15, 0.2) is 0 Å². The molecule has 1 N–H and O–H groups in total. The predicted octanol–water partition coefficient (Wildman–Crippen LogP) is 4.35. The first kappa shape index (κ1) is 25.8.